The van der Waals surface area contributed by atoms with E-state index >= 15 is 0 Å². The molecule has 0 aliphatic rings. The first-order chi connectivity index (χ1) is 8.84. The van der Waals surface area contributed by atoms with Crippen LogP contribution in [0.3, 0.4) is 0 Å². The fourth-order valence-electron chi connectivity index (χ4n) is 1.57. The molecular formula is C12H16Cl3NO2S. The van der Waals surface area contributed by atoms with Gasteiger partial charge >= 0.3 is 0 Å². The van der Waals surface area contributed by atoms with Gasteiger partial charge in [0.05, 0.1) is 5.02 Å². The van der Waals surface area contributed by atoms with Crippen molar-refractivity contribution in [2.45, 2.75) is 30.5 Å². The molecule has 0 N–H and O–H groups in total. The lowest BCUT2D eigenvalue weighted by Gasteiger charge is -2.18. The molecule has 108 valence electrons. The van der Waals surface area contributed by atoms with E-state index < -0.39 is 10.0 Å². The molecule has 0 unspecified atom stereocenters. The van der Waals surface area contributed by atoms with Gasteiger partial charge < -0.3 is 0 Å². The number of sulfonamides is 1. The maximum Gasteiger partial charge on any atom is 0.244 e. The Balaban J connectivity index is 3.25. The zero-order valence-corrected chi connectivity index (χ0v) is 13.9. The summed E-state index contributed by atoms with van der Waals surface area (Å²) in [7, 11) is -2.11. The second-order valence-corrected chi connectivity index (χ2v) is 7.29. The fourth-order valence-corrected chi connectivity index (χ4v) is 3.96. The molecule has 0 amide bonds. The molecule has 0 saturated carbocycles. The molecule has 0 atom stereocenters. The average molecular weight is 345 g/mol. The molecule has 1 aromatic carbocycles. The minimum Gasteiger partial charge on any atom is -0.207 e. The summed E-state index contributed by atoms with van der Waals surface area (Å²) < 4.78 is 26.1. The molecule has 3 nitrogen and oxygen atoms in total. The lowest BCUT2D eigenvalue weighted by molar-refractivity contribution is 0.459. The van der Waals surface area contributed by atoms with E-state index in [-0.39, 0.29) is 15.8 Å². The highest BCUT2D eigenvalue weighted by molar-refractivity contribution is 7.89. The average Bonchev–Trinajstić information content (AvgIpc) is 2.37. The Hall–Kier alpha value is -0.000000000000000111. The number of halogens is 3. The summed E-state index contributed by atoms with van der Waals surface area (Å²) in [5, 5.41) is 0.449. The van der Waals surface area contributed by atoms with Crippen LogP contribution in [0.15, 0.2) is 17.0 Å². The lowest BCUT2D eigenvalue weighted by atomic mass is 10.2. The number of alkyl halides is 1. The SMILES string of the molecule is CCCCN(C)S(=O)(=O)c1cc(Cl)cc(CCl)c1Cl. The fraction of sp³-hybridized carbons (Fsp3) is 0.500. The van der Waals surface area contributed by atoms with Crippen LogP contribution in [0.25, 0.3) is 0 Å². The van der Waals surface area contributed by atoms with Crippen LogP contribution in [-0.2, 0) is 15.9 Å². The summed E-state index contributed by atoms with van der Waals surface area (Å²) in [6, 6.07) is 2.93. The Morgan fingerprint density at radius 1 is 1.26 bits per heavy atom. The molecule has 0 radical (unpaired) electrons. The van der Waals surface area contributed by atoms with Crippen LogP contribution >= 0.6 is 34.8 Å². The summed E-state index contributed by atoms with van der Waals surface area (Å²) in [6.07, 6.45) is 1.70. The van der Waals surface area contributed by atoms with Gasteiger partial charge in [0, 0.05) is 24.5 Å². The summed E-state index contributed by atoms with van der Waals surface area (Å²) in [5.74, 6) is 0.112. The summed E-state index contributed by atoms with van der Waals surface area (Å²) in [6.45, 7) is 2.44. The number of nitrogens with zero attached hydrogens (tertiary/aromatic N) is 1. The Bertz CT molecular complexity index is 546. The molecule has 0 bridgehead atoms. The van der Waals surface area contributed by atoms with Gasteiger partial charge in [-0.2, -0.15) is 0 Å². The van der Waals surface area contributed by atoms with Crippen LogP contribution in [0, 0.1) is 0 Å². The summed E-state index contributed by atoms with van der Waals surface area (Å²) in [5.41, 5.74) is 0.512. The number of hydrogen-bond acceptors (Lipinski definition) is 2. The van der Waals surface area contributed by atoms with Gasteiger partial charge in [0.2, 0.25) is 10.0 Å². The van der Waals surface area contributed by atoms with Crippen molar-refractivity contribution in [1.29, 1.82) is 0 Å². The summed E-state index contributed by atoms with van der Waals surface area (Å²) >= 11 is 17.7. The van der Waals surface area contributed by atoms with Gasteiger partial charge in [-0.3, -0.25) is 0 Å². The van der Waals surface area contributed by atoms with Crippen LogP contribution in [0.2, 0.25) is 10.0 Å². The molecule has 1 rings (SSSR count). The third kappa shape index (κ3) is 3.99. The number of hydrogen-bond donors (Lipinski definition) is 0. The molecule has 0 spiro atoms. The minimum absolute atomic E-state index is 0.0101. The van der Waals surface area contributed by atoms with E-state index in [4.69, 9.17) is 34.8 Å². The smallest absolute Gasteiger partial charge is 0.207 e. The quantitative estimate of drug-likeness (QED) is 0.727. The number of rotatable bonds is 6. The van der Waals surface area contributed by atoms with Gasteiger partial charge in [-0.1, -0.05) is 36.5 Å². The highest BCUT2D eigenvalue weighted by Gasteiger charge is 2.25. The van der Waals surface area contributed by atoms with Crippen molar-refractivity contribution in [3.63, 3.8) is 0 Å². The zero-order valence-electron chi connectivity index (χ0n) is 10.8. The van der Waals surface area contributed by atoms with Crippen LogP contribution in [-0.4, -0.2) is 26.3 Å². The molecule has 19 heavy (non-hydrogen) atoms. The van der Waals surface area contributed by atoms with Crippen molar-refractivity contribution in [2.24, 2.45) is 0 Å². The van der Waals surface area contributed by atoms with Crippen molar-refractivity contribution in [1.82, 2.24) is 4.31 Å². The molecule has 0 fully saturated rings. The topological polar surface area (TPSA) is 37.4 Å². The predicted octanol–water partition coefficient (Wildman–Crippen LogP) is 4.15. The highest BCUT2D eigenvalue weighted by Crippen LogP contribution is 2.32. The van der Waals surface area contributed by atoms with E-state index in [0.29, 0.717) is 17.1 Å². The van der Waals surface area contributed by atoms with Crippen LogP contribution < -0.4 is 0 Å². The Kier molecular flexibility index (Phi) is 6.40. The van der Waals surface area contributed by atoms with Gasteiger partial charge in [-0.05, 0) is 24.1 Å². The first-order valence-corrected chi connectivity index (χ1v) is 8.57. The Morgan fingerprint density at radius 3 is 2.42 bits per heavy atom. The van der Waals surface area contributed by atoms with Crippen LogP contribution in [0.4, 0.5) is 0 Å². The predicted molar refractivity (Wildman–Crippen MR) is 80.7 cm³/mol. The Morgan fingerprint density at radius 2 is 1.89 bits per heavy atom. The normalized spacial score (nSPS) is 12.1. The molecule has 7 heteroatoms. The standard InChI is InChI=1S/C12H16Cl3NO2S/c1-3-4-5-16(2)19(17,18)11-7-10(14)6-9(8-13)12(11)15/h6-7H,3-5,8H2,1-2H3. The van der Waals surface area contributed by atoms with E-state index in [9.17, 15) is 8.42 Å². The maximum absolute atomic E-state index is 12.4. The first-order valence-electron chi connectivity index (χ1n) is 5.84. The summed E-state index contributed by atoms with van der Waals surface area (Å²) in [4.78, 5) is 0.0101. The van der Waals surface area contributed by atoms with Gasteiger partial charge in [-0.15, -0.1) is 11.6 Å². The molecular weight excluding hydrogens is 329 g/mol. The van der Waals surface area contributed by atoms with E-state index in [0.717, 1.165) is 12.8 Å². The number of benzene rings is 1. The van der Waals surface area contributed by atoms with E-state index in [1.807, 2.05) is 6.92 Å². The molecule has 0 aliphatic carbocycles. The molecule has 0 aliphatic heterocycles. The molecule has 0 heterocycles. The van der Waals surface area contributed by atoms with Gasteiger partial charge in [0.15, 0.2) is 0 Å². The monoisotopic (exact) mass is 343 g/mol. The first kappa shape index (κ1) is 17.1. The van der Waals surface area contributed by atoms with Crippen molar-refractivity contribution in [3.8, 4) is 0 Å². The van der Waals surface area contributed by atoms with Gasteiger partial charge in [-0.25, -0.2) is 12.7 Å². The van der Waals surface area contributed by atoms with Crippen LogP contribution in [0.5, 0.6) is 0 Å². The highest BCUT2D eigenvalue weighted by atomic mass is 35.5. The van der Waals surface area contributed by atoms with Crippen molar-refractivity contribution >= 4 is 44.8 Å². The maximum atomic E-state index is 12.4. The Labute approximate surface area is 129 Å². The van der Waals surface area contributed by atoms with Crippen molar-refractivity contribution in [2.75, 3.05) is 13.6 Å². The van der Waals surface area contributed by atoms with E-state index in [2.05, 4.69) is 0 Å². The lowest BCUT2D eigenvalue weighted by Crippen LogP contribution is -2.28. The van der Waals surface area contributed by atoms with E-state index in [1.54, 1.807) is 6.07 Å². The second-order valence-electron chi connectivity index (χ2n) is 4.19. The molecule has 0 aromatic heterocycles. The largest absolute Gasteiger partial charge is 0.244 e. The van der Waals surface area contributed by atoms with Crippen molar-refractivity contribution in [3.05, 3.63) is 27.7 Å². The third-order valence-corrected chi connectivity index (χ3v) is 5.68. The van der Waals surface area contributed by atoms with Gasteiger partial charge in [0.25, 0.3) is 0 Å². The van der Waals surface area contributed by atoms with Crippen molar-refractivity contribution < 1.29 is 8.42 Å². The number of unbranched alkanes of at least 4 members (excludes halogenated alkanes) is 1. The minimum atomic E-state index is -3.64. The van der Waals surface area contributed by atoms with Crippen LogP contribution in [0.1, 0.15) is 25.3 Å². The molecule has 1 aromatic rings. The van der Waals surface area contributed by atoms with E-state index in [1.165, 1.54) is 17.4 Å². The van der Waals surface area contributed by atoms with Gasteiger partial charge in [0.1, 0.15) is 4.90 Å². The molecule has 0 saturated heterocycles. The zero-order chi connectivity index (χ0) is 14.6. The second kappa shape index (κ2) is 7.14. The third-order valence-electron chi connectivity index (χ3n) is 2.74.